The first-order valence-corrected chi connectivity index (χ1v) is 24.0. The Hall–Kier alpha value is -8.25. The molecule has 0 aliphatic carbocycles. The fourth-order valence-electron chi connectivity index (χ4n) is 10.8. The van der Waals surface area contributed by atoms with E-state index in [1.807, 2.05) is 0 Å². The molecule has 0 saturated carbocycles. The van der Waals surface area contributed by atoms with E-state index in [1.54, 1.807) is 0 Å². The molecule has 0 radical (unpaired) electrons. The highest BCUT2D eigenvalue weighted by molar-refractivity contribution is 7.20. The van der Waals surface area contributed by atoms with Crippen molar-refractivity contribution in [3.05, 3.63) is 243 Å². The minimum Gasteiger partial charge on any atom is -0.309 e. The molecule has 300 valence electrons. The molecule has 0 amide bonds. The van der Waals surface area contributed by atoms with Gasteiger partial charge >= 0.3 is 0 Å². The first-order chi connectivity index (χ1) is 31.8. The minimum atomic E-state index is -3.10. The molecule has 4 heterocycles. The highest BCUT2D eigenvalue weighted by Gasteiger charge is 2.44. The zero-order valence-electron chi connectivity index (χ0n) is 34.9. The van der Waals surface area contributed by atoms with E-state index in [0.717, 1.165) is 39.4 Å². The summed E-state index contributed by atoms with van der Waals surface area (Å²) >= 11 is 0. The molecule has 0 atom stereocenters. The van der Waals surface area contributed by atoms with Gasteiger partial charge in [0, 0.05) is 38.0 Å². The second kappa shape index (κ2) is 14.4. The number of para-hydroxylation sites is 5. The van der Waals surface area contributed by atoms with Crippen LogP contribution in [-0.4, -0.2) is 26.8 Å². The van der Waals surface area contributed by atoms with E-state index in [1.165, 1.54) is 64.1 Å². The summed E-state index contributed by atoms with van der Waals surface area (Å²) in [5.41, 5.74) is 7.99. The fourth-order valence-corrected chi connectivity index (χ4v) is 15.6. The second-order valence-corrected chi connectivity index (χ2v) is 20.5. The van der Waals surface area contributed by atoms with Gasteiger partial charge in [-0.05, 0) is 75.3 Å². The quantitative estimate of drug-likeness (QED) is 0.116. The van der Waals surface area contributed by atoms with E-state index in [2.05, 4.69) is 256 Å². The molecule has 0 bridgehead atoms. The molecule has 0 aliphatic heterocycles. The smallest absolute Gasteiger partial charge is 0.183 e. The van der Waals surface area contributed by atoms with Crippen molar-refractivity contribution in [3.8, 4) is 17.3 Å². The molecule has 4 nitrogen and oxygen atoms in total. The molecule has 5 heteroatoms. The van der Waals surface area contributed by atoms with Crippen molar-refractivity contribution in [2.75, 3.05) is 0 Å². The van der Waals surface area contributed by atoms with Crippen LogP contribution < -0.4 is 20.7 Å². The normalized spacial score (nSPS) is 12.1. The monoisotopic (exact) mass is 832 g/mol. The summed E-state index contributed by atoms with van der Waals surface area (Å²) in [5.74, 6) is 1.81. The number of aromatic nitrogens is 4. The van der Waals surface area contributed by atoms with Crippen molar-refractivity contribution < 1.29 is 0 Å². The largest absolute Gasteiger partial charge is 0.309 e. The van der Waals surface area contributed by atoms with Crippen LogP contribution in [0.5, 0.6) is 0 Å². The average Bonchev–Trinajstić information content (AvgIpc) is 4.01. The maximum absolute atomic E-state index is 6.01. The number of nitrogens with zero attached hydrogens (tertiary/aromatic N) is 4. The van der Waals surface area contributed by atoms with Gasteiger partial charge in [-0.3, -0.25) is 9.13 Å². The van der Waals surface area contributed by atoms with Gasteiger partial charge in [-0.15, -0.1) is 0 Å². The van der Waals surface area contributed by atoms with Crippen molar-refractivity contribution in [2.24, 2.45) is 0 Å². The van der Waals surface area contributed by atoms with Gasteiger partial charge in [-0.25, -0.2) is 4.98 Å². The minimum absolute atomic E-state index is 0.876. The van der Waals surface area contributed by atoms with Crippen LogP contribution in [0, 0.1) is 0 Å². The first-order valence-electron chi connectivity index (χ1n) is 22.0. The molecule has 13 rings (SSSR count). The van der Waals surface area contributed by atoms with Crippen LogP contribution in [0.3, 0.4) is 0 Å². The van der Waals surface area contributed by atoms with E-state index in [9.17, 15) is 0 Å². The Kier molecular flexibility index (Phi) is 8.20. The van der Waals surface area contributed by atoms with Crippen LogP contribution in [0.1, 0.15) is 0 Å². The topological polar surface area (TPSA) is 27.7 Å². The van der Waals surface area contributed by atoms with Gasteiger partial charge < -0.3 is 4.57 Å². The van der Waals surface area contributed by atoms with Crippen LogP contribution in [0.25, 0.3) is 82.7 Å². The standard InChI is InChI=1S/C59H40N4Si/c1-4-20-42(21-5-1)64(43-22-6-2-7-23-43,44-24-8-3-9-25-44)57-38-39-58(62-53-33-17-12-28-47(53)48-29-13-18-34-54(48)62)60-59(57)63-55-35-19-14-30-49(55)50-40-41(36-37-56(50)63)61-51-31-15-10-26-45(51)46-27-11-16-32-52(46)61/h1-40H. The Bertz CT molecular complexity index is 3700. The summed E-state index contributed by atoms with van der Waals surface area (Å²) in [6, 6.07) is 89.0. The van der Waals surface area contributed by atoms with Crippen molar-refractivity contribution in [3.63, 3.8) is 0 Å². The molecule has 0 aliphatic rings. The Morgan fingerprint density at radius 1 is 0.281 bits per heavy atom. The molecule has 4 aromatic heterocycles. The summed E-state index contributed by atoms with van der Waals surface area (Å²) in [7, 11) is -3.10. The summed E-state index contributed by atoms with van der Waals surface area (Å²) in [6.45, 7) is 0. The van der Waals surface area contributed by atoms with Crippen LogP contribution in [0.2, 0.25) is 0 Å². The lowest BCUT2D eigenvalue weighted by molar-refractivity contribution is 1.02. The summed E-state index contributed by atoms with van der Waals surface area (Å²) < 4.78 is 7.23. The van der Waals surface area contributed by atoms with Crippen LogP contribution >= 0.6 is 0 Å². The molecular weight excluding hydrogens is 793 g/mol. The third-order valence-corrected chi connectivity index (χ3v) is 18.2. The predicted molar refractivity (Wildman–Crippen MR) is 271 cm³/mol. The number of benzene rings is 9. The Balaban J connectivity index is 1.18. The van der Waals surface area contributed by atoms with Gasteiger partial charge in [0.25, 0.3) is 0 Å². The van der Waals surface area contributed by atoms with Crippen molar-refractivity contribution >= 4 is 94.2 Å². The molecule has 9 aromatic carbocycles. The lowest BCUT2D eigenvalue weighted by Gasteiger charge is -2.35. The zero-order valence-corrected chi connectivity index (χ0v) is 35.9. The number of pyridine rings is 1. The molecule has 64 heavy (non-hydrogen) atoms. The Labute approximate surface area is 371 Å². The van der Waals surface area contributed by atoms with Crippen molar-refractivity contribution in [2.45, 2.75) is 0 Å². The van der Waals surface area contributed by atoms with Gasteiger partial charge in [0.05, 0.1) is 33.1 Å². The highest BCUT2D eigenvalue weighted by Crippen LogP contribution is 2.38. The highest BCUT2D eigenvalue weighted by atomic mass is 28.3. The van der Waals surface area contributed by atoms with Crippen molar-refractivity contribution in [1.29, 1.82) is 0 Å². The molecule has 0 unspecified atom stereocenters. The van der Waals surface area contributed by atoms with Crippen molar-refractivity contribution in [1.82, 2.24) is 18.7 Å². The number of hydrogen-bond donors (Lipinski definition) is 0. The molecule has 0 N–H and O–H groups in total. The molecule has 0 fully saturated rings. The molecule has 13 aromatic rings. The van der Waals surface area contributed by atoms with Crippen LogP contribution in [-0.2, 0) is 0 Å². The molecule has 0 spiro atoms. The molecule has 0 saturated heterocycles. The van der Waals surface area contributed by atoms with E-state index < -0.39 is 8.07 Å². The van der Waals surface area contributed by atoms with Gasteiger partial charge in [-0.2, -0.15) is 0 Å². The van der Waals surface area contributed by atoms with E-state index in [-0.39, 0.29) is 0 Å². The van der Waals surface area contributed by atoms with Crippen LogP contribution in [0.4, 0.5) is 0 Å². The maximum atomic E-state index is 6.01. The van der Waals surface area contributed by atoms with Gasteiger partial charge in [0.2, 0.25) is 0 Å². The number of hydrogen-bond acceptors (Lipinski definition) is 1. The second-order valence-electron chi connectivity index (χ2n) is 16.7. The Morgan fingerprint density at radius 2 is 0.641 bits per heavy atom. The predicted octanol–water partition coefficient (Wildman–Crippen LogP) is 11.8. The van der Waals surface area contributed by atoms with E-state index in [0.29, 0.717) is 0 Å². The lowest BCUT2D eigenvalue weighted by atomic mass is 10.1. The summed E-state index contributed by atoms with van der Waals surface area (Å²) in [6.07, 6.45) is 0. The lowest BCUT2D eigenvalue weighted by Crippen LogP contribution is -2.75. The third kappa shape index (κ3) is 5.25. The third-order valence-electron chi connectivity index (χ3n) is 13.4. The fraction of sp³-hybridized carbons (Fsp3) is 0. The van der Waals surface area contributed by atoms with Crippen LogP contribution in [0.15, 0.2) is 243 Å². The van der Waals surface area contributed by atoms with E-state index in [4.69, 9.17) is 4.98 Å². The number of rotatable bonds is 7. The van der Waals surface area contributed by atoms with E-state index >= 15 is 0 Å². The first kappa shape index (κ1) is 36.4. The Morgan fingerprint density at radius 3 is 1.09 bits per heavy atom. The molecular formula is C59H40N4Si. The number of fused-ring (bicyclic) bond motifs is 9. The van der Waals surface area contributed by atoms with Gasteiger partial charge in [0.1, 0.15) is 11.6 Å². The summed E-state index contributed by atoms with van der Waals surface area (Å²) in [4.78, 5) is 6.01. The summed E-state index contributed by atoms with van der Waals surface area (Å²) in [5, 5.41) is 12.4. The SMILES string of the molecule is c1ccc([Si](c2ccccc2)(c2ccccc2)c2ccc(-n3c4ccccc4c4ccccc43)nc2-n2c3ccccc3c3cc(-n4c5ccccc5c5ccccc54)ccc32)cc1. The van der Waals surface area contributed by atoms with Gasteiger partial charge in [0.15, 0.2) is 8.07 Å². The van der Waals surface area contributed by atoms with Gasteiger partial charge in [-0.1, -0.05) is 188 Å². The zero-order chi connectivity index (χ0) is 42.2. The maximum Gasteiger partial charge on any atom is 0.183 e. The average molecular weight is 833 g/mol.